The highest BCUT2D eigenvalue weighted by Gasteiger charge is 2.23. The summed E-state index contributed by atoms with van der Waals surface area (Å²) in [4.78, 5) is 0. The van der Waals surface area contributed by atoms with Crippen LogP contribution in [-0.4, -0.2) is 24.4 Å². The molecule has 0 amide bonds. The van der Waals surface area contributed by atoms with E-state index >= 15 is 0 Å². The van der Waals surface area contributed by atoms with E-state index in [9.17, 15) is 5.11 Å². The van der Waals surface area contributed by atoms with Crippen molar-refractivity contribution in [3.05, 3.63) is 29.8 Å². The fourth-order valence-electron chi connectivity index (χ4n) is 2.37. The molecule has 3 nitrogen and oxygen atoms in total. The average molecular weight is 235 g/mol. The van der Waals surface area contributed by atoms with Crippen molar-refractivity contribution in [3.63, 3.8) is 0 Å². The van der Waals surface area contributed by atoms with Crippen molar-refractivity contribution in [1.82, 2.24) is 5.32 Å². The Kier molecular flexibility index (Phi) is 4.02. The summed E-state index contributed by atoms with van der Waals surface area (Å²) in [5, 5.41) is 13.0. The molecule has 0 aliphatic carbocycles. The average Bonchev–Trinajstić information content (AvgIpc) is 2.82. The van der Waals surface area contributed by atoms with Gasteiger partial charge in [0, 0.05) is 18.7 Å². The second-order valence-electron chi connectivity index (χ2n) is 4.90. The minimum atomic E-state index is 0.248. The van der Waals surface area contributed by atoms with E-state index in [0.717, 1.165) is 25.2 Å². The summed E-state index contributed by atoms with van der Waals surface area (Å²) < 4.78 is 5.40. The van der Waals surface area contributed by atoms with Crippen molar-refractivity contribution < 1.29 is 9.84 Å². The fraction of sp³-hybridized carbons (Fsp3) is 0.571. The lowest BCUT2D eigenvalue weighted by atomic mass is 9.98. The molecule has 3 atom stereocenters. The molecular formula is C14H21NO2. The second-order valence-corrected chi connectivity index (χ2v) is 4.90. The minimum Gasteiger partial charge on any atom is -0.508 e. The van der Waals surface area contributed by atoms with Crippen LogP contribution >= 0.6 is 0 Å². The molecule has 1 saturated heterocycles. The van der Waals surface area contributed by atoms with Gasteiger partial charge in [-0.2, -0.15) is 0 Å². The van der Waals surface area contributed by atoms with Gasteiger partial charge in [-0.25, -0.2) is 0 Å². The molecule has 0 spiro atoms. The van der Waals surface area contributed by atoms with Crippen LogP contribution in [0.15, 0.2) is 24.3 Å². The third kappa shape index (κ3) is 3.20. The molecule has 2 rings (SSSR count). The Bertz CT molecular complexity index is 361. The Morgan fingerprint density at radius 3 is 2.88 bits per heavy atom. The van der Waals surface area contributed by atoms with Gasteiger partial charge in [0.05, 0.1) is 6.61 Å². The molecule has 1 heterocycles. The molecule has 1 aliphatic heterocycles. The van der Waals surface area contributed by atoms with Gasteiger partial charge in [0.1, 0.15) is 5.75 Å². The predicted octanol–water partition coefficient (Wildman–Crippen LogP) is 2.47. The number of nitrogens with one attached hydrogen (secondary N) is 1. The first kappa shape index (κ1) is 12.4. The molecule has 17 heavy (non-hydrogen) atoms. The van der Waals surface area contributed by atoms with Gasteiger partial charge in [0.25, 0.3) is 0 Å². The van der Waals surface area contributed by atoms with Gasteiger partial charge in [0.2, 0.25) is 0 Å². The van der Waals surface area contributed by atoms with Crippen molar-refractivity contribution in [2.24, 2.45) is 5.92 Å². The molecular weight excluding hydrogens is 214 g/mol. The highest BCUT2D eigenvalue weighted by molar-refractivity contribution is 5.29. The number of aromatic hydroxyl groups is 1. The van der Waals surface area contributed by atoms with Crippen molar-refractivity contribution in [2.45, 2.75) is 32.4 Å². The van der Waals surface area contributed by atoms with Crippen LogP contribution < -0.4 is 5.32 Å². The summed E-state index contributed by atoms with van der Waals surface area (Å²) in [6, 6.07) is 8.12. The Balaban J connectivity index is 1.93. The normalized spacial score (nSPS) is 23.5. The Morgan fingerprint density at radius 1 is 1.41 bits per heavy atom. The molecule has 0 radical (unpaired) electrons. The lowest BCUT2D eigenvalue weighted by Gasteiger charge is -2.24. The van der Waals surface area contributed by atoms with E-state index in [1.165, 1.54) is 0 Å². The SMILES string of the molecule is C[C@@H](N[C@H](C)[C@@H]1CCOC1)c1cccc(O)c1. The van der Waals surface area contributed by atoms with E-state index < -0.39 is 0 Å². The van der Waals surface area contributed by atoms with Crippen molar-refractivity contribution in [2.75, 3.05) is 13.2 Å². The van der Waals surface area contributed by atoms with Crippen LogP contribution in [-0.2, 0) is 4.74 Å². The van der Waals surface area contributed by atoms with E-state index in [1.807, 2.05) is 18.2 Å². The predicted molar refractivity (Wildman–Crippen MR) is 68.0 cm³/mol. The van der Waals surface area contributed by atoms with Crippen LogP contribution in [0.2, 0.25) is 0 Å². The fourth-order valence-corrected chi connectivity index (χ4v) is 2.37. The van der Waals surface area contributed by atoms with Gasteiger partial charge >= 0.3 is 0 Å². The number of hydrogen-bond donors (Lipinski definition) is 2. The third-order valence-corrected chi connectivity index (χ3v) is 3.56. The summed E-state index contributed by atoms with van der Waals surface area (Å²) in [5.41, 5.74) is 1.12. The molecule has 1 fully saturated rings. The smallest absolute Gasteiger partial charge is 0.115 e. The van der Waals surface area contributed by atoms with E-state index in [4.69, 9.17) is 4.74 Å². The molecule has 0 saturated carbocycles. The first-order valence-electron chi connectivity index (χ1n) is 6.29. The molecule has 0 unspecified atom stereocenters. The van der Waals surface area contributed by atoms with Crippen LogP contribution in [0.1, 0.15) is 31.9 Å². The molecule has 1 aromatic carbocycles. The maximum atomic E-state index is 9.46. The Hall–Kier alpha value is -1.06. The number of ether oxygens (including phenoxy) is 1. The molecule has 0 bridgehead atoms. The van der Waals surface area contributed by atoms with E-state index in [0.29, 0.717) is 17.7 Å². The number of phenols is 1. The topological polar surface area (TPSA) is 41.5 Å². The third-order valence-electron chi connectivity index (χ3n) is 3.56. The monoisotopic (exact) mass is 235 g/mol. The van der Waals surface area contributed by atoms with Crippen LogP contribution in [0.5, 0.6) is 5.75 Å². The van der Waals surface area contributed by atoms with Crippen molar-refractivity contribution in [3.8, 4) is 5.75 Å². The zero-order valence-corrected chi connectivity index (χ0v) is 10.5. The van der Waals surface area contributed by atoms with Gasteiger partial charge in [-0.05, 0) is 43.9 Å². The quantitative estimate of drug-likeness (QED) is 0.842. The highest BCUT2D eigenvalue weighted by Crippen LogP contribution is 2.22. The Morgan fingerprint density at radius 2 is 2.24 bits per heavy atom. The standard InChI is InChI=1S/C14H21NO2/c1-10(12-4-3-5-14(16)8-12)15-11(2)13-6-7-17-9-13/h3-5,8,10-11,13,15-16H,6-7,9H2,1-2H3/t10-,11-,13-/m1/s1. The van der Waals surface area contributed by atoms with Gasteiger partial charge < -0.3 is 15.2 Å². The zero-order valence-electron chi connectivity index (χ0n) is 10.5. The maximum Gasteiger partial charge on any atom is 0.115 e. The largest absolute Gasteiger partial charge is 0.508 e. The van der Waals surface area contributed by atoms with E-state index in [1.54, 1.807) is 6.07 Å². The van der Waals surface area contributed by atoms with Gasteiger partial charge in [-0.1, -0.05) is 12.1 Å². The molecule has 3 heteroatoms. The lowest BCUT2D eigenvalue weighted by Crippen LogP contribution is -2.35. The maximum absolute atomic E-state index is 9.46. The minimum absolute atomic E-state index is 0.248. The van der Waals surface area contributed by atoms with Crippen molar-refractivity contribution in [1.29, 1.82) is 0 Å². The van der Waals surface area contributed by atoms with Gasteiger partial charge in [-0.3, -0.25) is 0 Å². The number of phenolic OH excluding ortho intramolecular Hbond substituents is 1. The number of hydrogen-bond acceptors (Lipinski definition) is 3. The summed E-state index contributed by atoms with van der Waals surface area (Å²) >= 11 is 0. The lowest BCUT2D eigenvalue weighted by molar-refractivity contribution is 0.177. The summed E-state index contributed by atoms with van der Waals surface area (Å²) in [5.74, 6) is 0.933. The van der Waals surface area contributed by atoms with Gasteiger partial charge in [0.15, 0.2) is 0 Å². The van der Waals surface area contributed by atoms with Crippen LogP contribution in [0.4, 0.5) is 0 Å². The van der Waals surface area contributed by atoms with Crippen LogP contribution in [0.3, 0.4) is 0 Å². The Labute approximate surface area is 103 Å². The molecule has 2 N–H and O–H groups in total. The second kappa shape index (κ2) is 5.52. The first-order valence-corrected chi connectivity index (χ1v) is 6.29. The molecule has 94 valence electrons. The summed E-state index contributed by atoms with van der Waals surface area (Å²) in [6.07, 6.45) is 1.14. The van der Waals surface area contributed by atoms with Crippen LogP contribution in [0.25, 0.3) is 0 Å². The molecule has 0 aromatic heterocycles. The number of rotatable bonds is 4. The summed E-state index contributed by atoms with van der Waals surface area (Å²) in [7, 11) is 0. The van der Waals surface area contributed by atoms with Crippen LogP contribution in [0, 0.1) is 5.92 Å². The van der Waals surface area contributed by atoms with E-state index in [2.05, 4.69) is 19.2 Å². The van der Waals surface area contributed by atoms with Gasteiger partial charge in [-0.15, -0.1) is 0 Å². The molecule has 1 aliphatic rings. The zero-order chi connectivity index (χ0) is 12.3. The van der Waals surface area contributed by atoms with E-state index in [-0.39, 0.29) is 6.04 Å². The highest BCUT2D eigenvalue weighted by atomic mass is 16.5. The number of benzene rings is 1. The molecule has 1 aromatic rings. The summed E-state index contributed by atoms with van der Waals surface area (Å²) in [6.45, 7) is 6.08. The first-order chi connectivity index (χ1) is 8.16. The van der Waals surface area contributed by atoms with Crippen molar-refractivity contribution >= 4 is 0 Å².